The maximum absolute atomic E-state index is 13.5. The van der Waals surface area contributed by atoms with Crippen molar-refractivity contribution < 1.29 is 9.18 Å². The number of nitrogens with zero attached hydrogens (tertiary/aromatic N) is 3. The van der Waals surface area contributed by atoms with Gasteiger partial charge in [0.05, 0.1) is 11.4 Å². The Kier molecular flexibility index (Phi) is 5.73. The minimum absolute atomic E-state index is 0.0144. The summed E-state index contributed by atoms with van der Waals surface area (Å²) in [5.41, 5.74) is 2.67. The van der Waals surface area contributed by atoms with Crippen LogP contribution >= 0.6 is 11.8 Å². The van der Waals surface area contributed by atoms with Crippen molar-refractivity contribution in [3.8, 4) is 5.69 Å². The topological polar surface area (TPSA) is 38.1 Å². The Morgan fingerprint density at radius 2 is 2.04 bits per heavy atom. The molecule has 2 aromatic carbocycles. The molecular weight excluding hydrogens is 349 g/mol. The number of hydrogen-bond acceptors (Lipinski definition) is 3. The molecule has 0 saturated carbocycles. The highest BCUT2D eigenvalue weighted by Crippen LogP contribution is 2.24. The molecule has 1 heterocycles. The Morgan fingerprint density at radius 3 is 2.77 bits per heavy atom. The van der Waals surface area contributed by atoms with Gasteiger partial charge in [0.15, 0.2) is 5.16 Å². The van der Waals surface area contributed by atoms with E-state index in [1.54, 1.807) is 27.9 Å². The van der Waals surface area contributed by atoms with E-state index >= 15 is 0 Å². The molecular formula is C20H20FN3OS. The van der Waals surface area contributed by atoms with Crippen molar-refractivity contribution in [2.75, 3.05) is 17.2 Å². The highest BCUT2D eigenvalue weighted by Gasteiger charge is 2.17. The molecule has 134 valence electrons. The molecule has 0 spiro atoms. The fourth-order valence-electron chi connectivity index (χ4n) is 2.77. The predicted molar refractivity (Wildman–Crippen MR) is 103 cm³/mol. The molecule has 0 N–H and O–H groups in total. The van der Waals surface area contributed by atoms with E-state index in [1.165, 1.54) is 23.9 Å². The molecule has 26 heavy (non-hydrogen) atoms. The zero-order valence-corrected chi connectivity index (χ0v) is 15.5. The van der Waals surface area contributed by atoms with Crippen molar-refractivity contribution in [2.24, 2.45) is 0 Å². The van der Waals surface area contributed by atoms with Gasteiger partial charge in [0.1, 0.15) is 5.82 Å². The minimum Gasteiger partial charge on any atom is -0.312 e. The van der Waals surface area contributed by atoms with Gasteiger partial charge in [-0.25, -0.2) is 9.37 Å². The van der Waals surface area contributed by atoms with Crippen LogP contribution in [0.2, 0.25) is 0 Å². The molecule has 4 nitrogen and oxygen atoms in total. The SMILES string of the molecule is CCN(C(=O)CSc1nccn1-c1cccc(F)c1)c1ccccc1C. The van der Waals surface area contributed by atoms with Gasteiger partial charge < -0.3 is 4.90 Å². The number of para-hydroxylation sites is 1. The number of thioether (sulfide) groups is 1. The van der Waals surface area contributed by atoms with Gasteiger partial charge in [-0.15, -0.1) is 0 Å². The predicted octanol–water partition coefficient (Wildman–Crippen LogP) is 4.47. The summed E-state index contributed by atoms with van der Waals surface area (Å²) in [4.78, 5) is 18.8. The molecule has 1 aromatic heterocycles. The van der Waals surface area contributed by atoms with Gasteiger partial charge in [-0.3, -0.25) is 9.36 Å². The van der Waals surface area contributed by atoms with Crippen molar-refractivity contribution in [1.82, 2.24) is 9.55 Å². The van der Waals surface area contributed by atoms with Crippen LogP contribution < -0.4 is 4.90 Å². The molecule has 0 aliphatic rings. The average Bonchev–Trinajstić information content (AvgIpc) is 3.11. The number of aromatic nitrogens is 2. The van der Waals surface area contributed by atoms with Crippen LogP contribution in [0.1, 0.15) is 12.5 Å². The Bertz CT molecular complexity index is 909. The largest absolute Gasteiger partial charge is 0.312 e. The molecule has 0 saturated heterocycles. The highest BCUT2D eigenvalue weighted by atomic mass is 32.2. The molecule has 0 unspecified atom stereocenters. The molecule has 3 rings (SSSR count). The van der Waals surface area contributed by atoms with Crippen LogP contribution in [0.3, 0.4) is 0 Å². The Balaban J connectivity index is 1.74. The maximum Gasteiger partial charge on any atom is 0.237 e. The van der Waals surface area contributed by atoms with Crippen LogP contribution in [0.4, 0.5) is 10.1 Å². The summed E-state index contributed by atoms with van der Waals surface area (Å²) in [5.74, 6) is -0.0327. The number of rotatable bonds is 6. The Hall–Kier alpha value is -2.60. The van der Waals surface area contributed by atoms with Gasteiger partial charge in [0.2, 0.25) is 5.91 Å². The molecule has 0 fully saturated rings. The quantitative estimate of drug-likeness (QED) is 0.602. The van der Waals surface area contributed by atoms with E-state index < -0.39 is 0 Å². The number of benzene rings is 2. The van der Waals surface area contributed by atoms with Crippen molar-refractivity contribution in [1.29, 1.82) is 0 Å². The van der Waals surface area contributed by atoms with Crippen LogP contribution in [0, 0.1) is 12.7 Å². The molecule has 0 aliphatic carbocycles. The average molecular weight is 369 g/mol. The fourth-order valence-corrected chi connectivity index (χ4v) is 3.62. The molecule has 0 bridgehead atoms. The second-order valence-electron chi connectivity index (χ2n) is 5.77. The van der Waals surface area contributed by atoms with Crippen LogP contribution in [0.15, 0.2) is 66.1 Å². The van der Waals surface area contributed by atoms with Gasteiger partial charge in [0.25, 0.3) is 0 Å². The van der Waals surface area contributed by atoms with Crippen molar-refractivity contribution in [3.63, 3.8) is 0 Å². The zero-order valence-electron chi connectivity index (χ0n) is 14.7. The normalized spacial score (nSPS) is 10.7. The lowest BCUT2D eigenvalue weighted by atomic mass is 10.2. The first kappa shape index (κ1) is 18.2. The van der Waals surface area contributed by atoms with Gasteiger partial charge in [0, 0.05) is 24.6 Å². The van der Waals surface area contributed by atoms with E-state index in [1.807, 2.05) is 44.2 Å². The maximum atomic E-state index is 13.5. The molecule has 3 aromatic rings. The minimum atomic E-state index is -0.306. The second kappa shape index (κ2) is 8.19. The Morgan fingerprint density at radius 1 is 1.23 bits per heavy atom. The first-order valence-electron chi connectivity index (χ1n) is 8.38. The third kappa shape index (κ3) is 3.96. The van der Waals surface area contributed by atoms with E-state index in [9.17, 15) is 9.18 Å². The summed E-state index contributed by atoms with van der Waals surface area (Å²) in [6.45, 7) is 4.56. The third-order valence-electron chi connectivity index (χ3n) is 4.04. The Labute approximate surface area is 156 Å². The van der Waals surface area contributed by atoms with Crippen molar-refractivity contribution in [3.05, 3.63) is 72.3 Å². The number of aryl methyl sites for hydroxylation is 1. The van der Waals surface area contributed by atoms with Crippen LogP contribution in [0.5, 0.6) is 0 Å². The zero-order chi connectivity index (χ0) is 18.5. The molecule has 0 aliphatic heterocycles. The first-order valence-corrected chi connectivity index (χ1v) is 9.36. The van der Waals surface area contributed by atoms with E-state index in [0.717, 1.165) is 11.3 Å². The summed E-state index contributed by atoms with van der Waals surface area (Å²) in [5, 5.41) is 0.657. The summed E-state index contributed by atoms with van der Waals surface area (Å²) in [7, 11) is 0. The van der Waals surface area contributed by atoms with E-state index in [2.05, 4.69) is 4.98 Å². The summed E-state index contributed by atoms with van der Waals surface area (Å²) < 4.78 is 15.3. The molecule has 1 amide bonds. The molecule has 0 atom stereocenters. The van der Waals surface area contributed by atoms with E-state index in [4.69, 9.17) is 0 Å². The summed E-state index contributed by atoms with van der Waals surface area (Å²) >= 11 is 1.34. The lowest BCUT2D eigenvalue weighted by Crippen LogP contribution is -2.32. The molecule has 0 radical (unpaired) electrons. The molecule has 6 heteroatoms. The first-order chi connectivity index (χ1) is 12.6. The number of halogens is 1. The number of anilines is 1. The van der Waals surface area contributed by atoms with Gasteiger partial charge in [-0.2, -0.15) is 0 Å². The lowest BCUT2D eigenvalue weighted by molar-refractivity contribution is -0.116. The summed E-state index contributed by atoms with van der Waals surface area (Å²) in [6.07, 6.45) is 3.41. The van der Waals surface area contributed by atoms with E-state index in [0.29, 0.717) is 17.4 Å². The smallest absolute Gasteiger partial charge is 0.237 e. The highest BCUT2D eigenvalue weighted by molar-refractivity contribution is 7.99. The number of carbonyl (C=O) groups is 1. The van der Waals surface area contributed by atoms with Crippen molar-refractivity contribution >= 4 is 23.4 Å². The van der Waals surface area contributed by atoms with Crippen molar-refractivity contribution in [2.45, 2.75) is 19.0 Å². The van der Waals surface area contributed by atoms with E-state index in [-0.39, 0.29) is 17.5 Å². The lowest BCUT2D eigenvalue weighted by Gasteiger charge is -2.22. The fraction of sp³-hybridized carbons (Fsp3) is 0.200. The van der Waals surface area contributed by atoms with Gasteiger partial charge >= 0.3 is 0 Å². The number of hydrogen-bond donors (Lipinski definition) is 0. The van der Waals surface area contributed by atoms with Crippen LogP contribution in [-0.4, -0.2) is 27.8 Å². The number of imidazole rings is 1. The summed E-state index contributed by atoms with van der Waals surface area (Å²) in [6, 6.07) is 14.1. The van der Waals surface area contributed by atoms with Crippen LogP contribution in [0.25, 0.3) is 5.69 Å². The van der Waals surface area contributed by atoms with Gasteiger partial charge in [-0.1, -0.05) is 36.0 Å². The number of amides is 1. The van der Waals surface area contributed by atoms with Gasteiger partial charge in [-0.05, 0) is 43.7 Å². The van der Waals surface area contributed by atoms with Crippen LogP contribution in [-0.2, 0) is 4.79 Å². The third-order valence-corrected chi connectivity index (χ3v) is 4.99. The second-order valence-corrected chi connectivity index (χ2v) is 6.72. The monoisotopic (exact) mass is 369 g/mol. The standard InChI is InChI=1S/C20H20FN3OS/c1-3-23(18-10-5-4-7-15(18)2)19(25)14-26-20-22-11-12-24(20)17-9-6-8-16(21)13-17/h4-13H,3,14H2,1-2H3. The number of carbonyl (C=O) groups excluding carboxylic acids is 1.